The van der Waals surface area contributed by atoms with Gasteiger partial charge in [0.15, 0.2) is 0 Å². The first kappa shape index (κ1) is 10.8. The van der Waals surface area contributed by atoms with Crippen LogP contribution in [0.15, 0.2) is 29.3 Å². The smallest absolute Gasteiger partial charge is 0.262 e. The van der Waals surface area contributed by atoms with Gasteiger partial charge in [-0.05, 0) is 26.1 Å². The van der Waals surface area contributed by atoms with Crippen molar-refractivity contribution in [3.8, 4) is 0 Å². The maximum atomic E-state index is 13.4. The first-order chi connectivity index (χ1) is 7.65. The predicted molar refractivity (Wildman–Crippen MR) is 59.7 cm³/mol. The molecule has 1 heterocycles. The fraction of sp³-hybridized carbons (Fsp3) is 0.273. The zero-order valence-corrected chi connectivity index (χ0v) is 9.07. The third-order valence-electron chi connectivity index (χ3n) is 2.60. The minimum atomic E-state index is -0.473. The predicted octanol–water partition coefficient (Wildman–Crippen LogP) is 1.27. The first-order valence-corrected chi connectivity index (χ1v) is 4.97. The molecule has 0 amide bonds. The van der Waals surface area contributed by atoms with Crippen LogP contribution in [0.5, 0.6) is 0 Å². The van der Waals surface area contributed by atoms with E-state index in [0.29, 0.717) is 5.39 Å². The van der Waals surface area contributed by atoms with Gasteiger partial charge in [0.1, 0.15) is 11.3 Å². The molecule has 2 rings (SSSR count). The summed E-state index contributed by atoms with van der Waals surface area (Å²) >= 11 is 0. The van der Waals surface area contributed by atoms with Gasteiger partial charge in [-0.2, -0.15) is 0 Å². The van der Waals surface area contributed by atoms with Crippen LogP contribution in [0.4, 0.5) is 4.39 Å². The van der Waals surface area contributed by atoms with Crippen molar-refractivity contribution >= 4 is 10.9 Å². The summed E-state index contributed by atoms with van der Waals surface area (Å²) in [4.78, 5) is 16.0. The van der Waals surface area contributed by atoms with E-state index in [-0.39, 0.29) is 17.2 Å². The summed E-state index contributed by atoms with van der Waals surface area (Å²) in [7, 11) is 1.74. The van der Waals surface area contributed by atoms with Crippen LogP contribution >= 0.6 is 0 Å². The molecule has 0 radical (unpaired) electrons. The summed E-state index contributed by atoms with van der Waals surface area (Å²) in [6.07, 6.45) is 1.18. The van der Waals surface area contributed by atoms with Crippen molar-refractivity contribution in [2.75, 3.05) is 7.05 Å². The molecule has 0 fully saturated rings. The molecule has 16 heavy (non-hydrogen) atoms. The zero-order chi connectivity index (χ0) is 11.7. The second-order valence-electron chi connectivity index (χ2n) is 3.56. The van der Waals surface area contributed by atoms with E-state index in [9.17, 15) is 9.18 Å². The molecule has 0 saturated carbocycles. The number of fused-ring (bicyclic) bond motifs is 1. The highest BCUT2D eigenvalue weighted by Crippen LogP contribution is 2.11. The number of hydrogen-bond acceptors (Lipinski definition) is 3. The maximum Gasteiger partial charge on any atom is 0.262 e. The number of benzene rings is 1. The number of hydrogen-bond donors (Lipinski definition) is 1. The van der Waals surface area contributed by atoms with E-state index in [1.807, 2.05) is 6.92 Å². The molecule has 1 N–H and O–H groups in total. The van der Waals surface area contributed by atoms with Crippen LogP contribution in [0.2, 0.25) is 0 Å². The van der Waals surface area contributed by atoms with Gasteiger partial charge in [-0.3, -0.25) is 9.36 Å². The normalized spacial score (nSPS) is 12.9. The van der Waals surface area contributed by atoms with E-state index in [4.69, 9.17) is 0 Å². The van der Waals surface area contributed by atoms with E-state index in [0.717, 1.165) is 0 Å². The van der Waals surface area contributed by atoms with Crippen molar-refractivity contribution < 1.29 is 4.39 Å². The lowest BCUT2D eigenvalue weighted by molar-refractivity contribution is 0.460. The topological polar surface area (TPSA) is 46.9 Å². The molecule has 0 spiro atoms. The lowest BCUT2D eigenvalue weighted by Crippen LogP contribution is -2.30. The molecule has 2 aromatic rings. The molecule has 1 atom stereocenters. The van der Waals surface area contributed by atoms with Crippen molar-refractivity contribution in [3.63, 3.8) is 0 Å². The third kappa shape index (κ3) is 1.59. The molecule has 0 aliphatic heterocycles. The molecule has 0 aliphatic rings. The number of nitrogens with zero attached hydrogens (tertiary/aromatic N) is 2. The number of rotatable bonds is 2. The van der Waals surface area contributed by atoms with Crippen LogP contribution in [0.3, 0.4) is 0 Å². The SMILES string of the molecule is CNC(C)n1cnc2c(F)cccc2c1=O. The maximum absolute atomic E-state index is 13.4. The summed E-state index contributed by atoms with van der Waals surface area (Å²) in [5, 5.41) is 3.23. The van der Waals surface area contributed by atoms with E-state index in [1.54, 1.807) is 13.1 Å². The Kier molecular flexibility index (Phi) is 2.70. The number of nitrogens with one attached hydrogen (secondary N) is 1. The average Bonchev–Trinajstić information content (AvgIpc) is 2.30. The highest BCUT2D eigenvalue weighted by atomic mass is 19.1. The summed E-state index contributed by atoms with van der Waals surface area (Å²) in [5.41, 5.74) is -0.126. The lowest BCUT2D eigenvalue weighted by atomic mass is 10.2. The molecule has 1 unspecified atom stereocenters. The van der Waals surface area contributed by atoms with E-state index < -0.39 is 5.82 Å². The van der Waals surface area contributed by atoms with Crippen LogP contribution in [0, 0.1) is 5.82 Å². The van der Waals surface area contributed by atoms with Gasteiger partial charge in [0.2, 0.25) is 0 Å². The molecule has 5 heteroatoms. The van der Waals surface area contributed by atoms with Gasteiger partial charge < -0.3 is 5.32 Å². The summed E-state index contributed by atoms with van der Waals surface area (Å²) in [5.74, 6) is -0.473. The minimum absolute atomic E-state index is 0.118. The van der Waals surface area contributed by atoms with E-state index in [2.05, 4.69) is 10.3 Å². The Morgan fingerprint density at radius 1 is 1.50 bits per heavy atom. The third-order valence-corrected chi connectivity index (χ3v) is 2.60. The number of aromatic nitrogens is 2. The Hall–Kier alpha value is -1.75. The second-order valence-corrected chi connectivity index (χ2v) is 3.56. The highest BCUT2D eigenvalue weighted by molar-refractivity contribution is 5.77. The van der Waals surface area contributed by atoms with Gasteiger partial charge in [0.05, 0.1) is 17.9 Å². The molecule has 0 bridgehead atoms. The quantitative estimate of drug-likeness (QED) is 0.830. The molecular formula is C11H12FN3O. The van der Waals surface area contributed by atoms with Crippen LogP contribution in [-0.2, 0) is 0 Å². The molecule has 1 aromatic heterocycles. The van der Waals surface area contributed by atoms with E-state index in [1.165, 1.54) is 23.0 Å². The van der Waals surface area contributed by atoms with Gasteiger partial charge in [-0.25, -0.2) is 9.37 Å². The second kappa shape index (κ2) is 4.02. The van der Waals surface area contributed by atoms with Crippen molar-refractivity contribution in [1.29, 1.82) is 0 Å². The van der Waals surface area contributed by atoms with Gasteiger partial charge in [0, 0.05) is 0 Å². The lowest BCUT2D eigenvalue weighted by Gasteiger charge is -2.13. The average molecular weight is 221 g/mol. The van der Waals surface area contributed by atoms with Crippen LogP contribution in [0.1, 0.15) is 13.1 Å². The van der Waals surface area contributed by atoms with Gasteiger partial charge >= 0.3 is 0 Å². The van der Waals surface area contributed by atoms with Gasteiger partial charge in [0.25, 0.3) is 5.56 Å². The minimum Gasteiger partial charge on any atom is -0.300 e. The molecule has 1 aromatic carbocycles. The standard InChI is InChI=1S/C11H12FN3O/c1-7(13-2)15-6-14-10-8(11(15)16)4-3-5-9(10)12/h3-7,13H,1-2H3. The van der Waals surface area contributed by atoms with Crippen LogP contribution in [-0.4, -0.2) is 16.6 Å². The molecule has 84 valence electrons. The summed E-state index contributed by atoms with van der Waals surface area (Å²) in [6.45, 7) is 1.83. The van der Waals surface area contributed by atoms with Crippen LogP contribution < -0.4 is 10.9 Å². The fourth-order valence-corrected chi connectivity index (χ4v) is 1.55. The Morgan fingerprint density at radius 3 is 2.94 bits per heavy atom. The van der Waals surface area contributed by atoms with E-state index >= 15 is 0 Å². The monoisotopic (exact) mass is 221 g/mol. The van der Waals surface area contributed by atoms with Crippen molar-refractivity contribution in [3.05, 3.63) is 40.7 Å². The zero-order valence-electron chi connectivity index (χ0n) is 9.07. The summed E-state index contributed by atoms with van der Waals surface area (Å²) < 4.78 is 14.8. The van der Waals surface area contributed by atoms with Gasteiger partial charge in [-0.15, -0.1) is 0 Å². The Balaban J connectivity index is 2.76. The molecule has 0 saturated heterocycles. The van der Waals surface area contributed by atoms with Crippen molar-refractivity contribution in [2.24, 2.45) is 0 Å². The number of halogens is 1. The fourth-order valence-electron chi connectivity index (χ4n) is 1.55. The van der Waals surface area contributed by atoms with Crippen molar-refractivity contribution in [1.82, 2.24) is 14.9 Å². The van der Waals surface area contributed by atoms with Gasteiger partial charge in [-0.1, -0.05) is 6.07 Å². The Bertz CT molecular complexity index is 579. The number of para-hydroxylation sites is 1. The largest absolute Gasteiger partial charge is 0.300 e. The molecular weight excluding hydrogens is 209 g/mol. The highest BCUT2D eigenvalue weighted by Gasteiger charge is 2.10. The molecule has 0 aliphatic carbocycles. The van der Waals surface area contributed by atoms with Crippen molar-refractivity contribution in [2.45, 2.75) is 13.1 Å². The Labute approximate surface area is 91.7 Å². The summed E-state index contributed by atoms with van der Waals surface area (Å²) in [6, 6.07) is 4.38. The molecule has 4 nitrogen and oxygen atoms in total. The first-order valence-electron chi connectivity index (χ1n) is 4.97. The Morgan fingerprint density at radius 2 is 2.25 bits per heavy atom. The van der Waals surface area contributed by atoms with Crippen LogP contribution in [0.25, 0.3) is 10.9 Å².